The second kappa shape index (κ2) is 32.2. The molecule has 0 bridgehead atoms. The molecule has 0 aliphatic heterocycles. The molecule has 578 valence electrons. The normalized spacial score (nSPS) is 11.4. The van der Waals surface area contributed by atoms with Gasteiger partial charge in [-0.1, -0.05) is 400 Å². The fraction of sp³-hybridized carbons (Fsp3) is 0. The zero-order chi connectivity index (χ0) is 82.2. The van der Waals surface area contributed by atoms with Crippen molar-refractivity contribution in [1.82, 2.24) is 39.9 Å². The van der Waals surface area contributed by atoms with Crippen molar-refractivity contribution in [3.63, 3.8) is 0 Å². The molecule has 8 heteroatoms. The van der Waals surface area contributed by atoms with Crippen molar-refractivity contribution in [2.24, 2.45) is 0 Å². The maximum absolute atomic E-state index is 5.56. The Kier molecular flexibility index (Phi) is 19.1. The van der Waals surface area contributed by atoms with Gasteiger partial charge in [-0.15, -0.1) is 0 Å². The van der Waals surface area contributed by atoms with E-state index in [1.807, 2.05) is 24.3 Å². The van der Waals surface area contributed by atoms with Crippen LogP contribution in [0, 0.1) is 0 Å². The lowest BCUT2D eigenvalue weighted by Crippen LogP contribution is -1.98. The average Bonchev–Trinajstić information content (AvgIpc) is 0.678. The van der Waals surface area contributed by atoms with Crippen LogP contribution in [-0.4, -0.2) is 39.9 Å². The monoisotopic (exact) mass is 1580 g/mol. The van der Waals surface area contributed by atoms with Crippen LogP contribution in [0.1, 0.15) is 0 Å². The molecule has 0 saturated carbocycles. The van der Waals surface area contributed by atoms with Gasteiger partial charge in [0, 0.05) is 66.1 Å². The van der Waals surface area contributed by atoms with Crippen molar-refractivity contribution >= 4 is 43.6 Å². The Morgan fingerprint density at radius 2 is 0.274 bits per heavy atom. The molecule has 0 atom stereocenters. The van der Waals surface area contributed by atoms with E-state index in [0.717, 1.165) is 172 Å². The molecule has 0 N–H and O–H groups in total. The van der Waals surface area contributed by atoms with E-state index in [2.05, 4.69) is 425 Å². The minimum Gasteiger partial charge on any atom is -0.228 e. The summed E-state index contributed by atoms with van der Waals surface area (Å²) >= 11 is 0. The molecule has 22 rings (SSSR count). The molecule has 8 nitrogen and oxygen atoms in total. The Morgan fingerprint density at radius 3 is 0.556 bits per heavy atom. The van der Waals surface area contributed by atoms with Crippen molar-refractivity contribution in [2.75, 3.05) is 0 Å². The van der Waals surface area contributed by atoms with Crippen molar-refractivity contribution in [2.45, 2.75) is 0 Å². The second-order valence-electron chi connectivity index (χ2n) is 31.3. The topological polar surface area (TPSA) is 103 Å². The summed E-state index contributed by atoms with van der Waals surface area (Å²) < 4.78 is 0. The molecular formula is C116H74N8. The fourth-order valence-electron chi connectivity index (χ4n) is 17.0. The standard InChI is InChI=1S/C116H74N8/c1-5-19-75(20-6-1)79-35-39-83(40-36-79)85-51-63-93(64-52-85)113-117-105-33-15-13-31-101(105)109(121-113)89-55-59-91(60-56-89)111-103-69-67-97(73-107(103)119-114(122-111)94-65-53-86(54-66-94)84-41-37-80(38-42-84)76-21-7-2-8-22-76)98-68-70-104-108(74-98)120-116(100-30-18-28-96(72-100)88-49-45-82(46-50-88)78-25-11-4-12-26-78)124-112(104)92-61-57-90(58-62-92)110-102-32-14-16-34-106(102)118-115(123-110)99-29-17-27-95(71-99)87-47-43-81(44-48-87)77-23-9-3-10-24-77/h1-74H. The Bertz CT molecular complexity index is 7730. The van der Waals surface area contributed by atoms with E-state index in [4.69, 9.17) is 39.9 Å². The molecule has 18 aromatic carbocycles. The van der Waals surface area contributed by atoms with E-state index in [0.29, 0.717) is 23.3 Å². The first-order valence-corrected chi connectivity index (χ1v) is 41.8. The lowest BCUT2D eigenvalue weighted by Gasteiger charge is -2.14. The van der Waals surface area contributed by atoms with Gasteiger partial charge < -0.3 is 0 Å². The Labute approximate surface area is 718 Å². The number of para-hydroxylation sites is 2. The van der Waals surface area contributed by atoms with Crippen LogP contribution in [0.4, 0.5) is 0 Å². The van der Waals surface area contributed by atoms with Crippen LogP contribution in [0.15, 0.2) is 449 Å². The lowest BCUT2D eigenvalue weighted by atomic mass is 9.97. The summed E-state index contributed by atoms with van der Waals surface area (Å²) in [5, 5.41) is 3.75. The van der Waals surface area contributed by atoms with Gasteiger partial charge in [-0.25, -0.2) is 39.9 Å². The highest BCUT2D eigenvalue weighted by Crippen LogP contribution is 2.42. The predicted octanol–water partition coefficient (Wildman–Crippen LogP) is 29.8. The minimum atomic E-state index is 0.606. The quantitative estimate of drug-likeness (QED) is 0.0888. The van der Waals surface area contributed by atoms with E-state index in [-0.39, 0.29) is 0 Å². The SMILES string of the molecule is c1ccc(-c2ccc(-c3ccc(-c4nc(-c5ccc(-c6nc(-c7ccc(-c8ccc(-c9ccccc9)cc8)cc7)nc7cc(-c8ccc9c(-c%10ccc(-c%11nc(-c%12cccc(-c%13ccc(-c%14ccccc%14)cc%13)c%12)nc%12ccccc%11%12)cc%10)nc(-c%10cccc(-c%11ccc(-c%12ccccc%12)cc%11)c%10)nc9c8)ccc67)cc5)c5ccccc5n4)cc3)cc2)cc1. The van der Waals surface area contributed by atoms with Crippen LogP contribution in [0.3, 0.4) is 0 Å². The highest BCUT2D eigenvalue weighted by Gasteiger charge is 2.21. The van der Waals surface area contributed by atoms with Gasteiger partial charge in [-0.05, 0) is 149 Å². The predicted molar refractivity (Wildman–Crippen MR) is 511 cm³/mol. The Balaban J connectivity index is 0.629. The fourth-order valence-corrected chi connectivity index (χ4v) is 17.0. The van der Waals surface area contributed by atoms with E-state index >= 15 is 0 Å². The van der Waals surface area contributed by atoms with Crippen molar-refractivity contribution in [1.29, 1.82) is 0 Å². The summed E-state index contributed by atoms with van der Waals surface area (Å²) in [7, 11) is 0. The van der Waals surface area contributed by atoms with Crippen LogP contribution >= 0.6 is 0 Å². The van der Waals surface area contributed by atoms with Gasteiger partial charge in [0.25, 0.3) is 0 Å². The highest BCUT2D eigenvalue weighted by molar-refractivity contribution is 6.02. The number of aromatic nitrogens is 8. The highest BCUT2D eigenvalue weighted by atomic mass is 14.9. The number of hydrogen-bond acceptors (Lipinski definition) is 8. The Hall–Kier alpha value is -16.7. The van der Waals surface area contributed by atoms with Crippen LogP contribution < -0.4 is 0 Å². The first-order chi connectivity index (χ1) is 61.4. The number of benzene rings is 18. The molecule has 4 aromatic heterocycles. The van der Waals surface area contributed by atoms with Gasteiger partial charge in [0.15, 0.2) is 23.3 Å². The van der Waals surface area contributed by atoms with Gasteiger partial charge in [-0.2, -0.15) is 0 Å². The van der Waals surface area contributed by atoms with Crippen LogP contribution in [0.5, 0.6) is 0 Å². The van der Waals surface area contributed by atoms with E-state index < -0.39 is 0 Å². The number of rotatable bonds is 17. The van der Waals surface area contributed by atoms with Crippen LogP contribution in [0.25, 0.3) is 234 Å². The molecular weight excluding hydrogens is 1510 g/mol. The van der Waals surface area contributed by atoms with Gasteiger partial charge in [0.05, 0.1) is 44.8 Å². The zero-order valence-corrected chi connectivity index (χ0v) is 67.3. The van der Waals surface area contributed by atoms with Crippen molar-refractivity contribution < 1.29 is 0 Å². The van der Waals surface area contributed by atoms with Crippen molar-refractivity contribution in [3.8, 4) is 191 Å². The zero-order valence-electron chi connectivity index (χ0n) is 67.3. The summed E-state index contributed by atoms with van der Waals surface area (Å²) in [6.45, 7) is 0. The third kappa shape index (κ3) is 14.7. The lowest BCUT2D eigenvalue weighted by molar-refractivity contribution is 1.22. The van der Waals surface area contributed by atoms with Crippen molar-refractivity contribution in [3.05, 3.63) is 449 Å². The molecule has 0 fully saturated rings. The number of nitrogens with zero attached hydrogens (tertiary/aromatic N) is 8. The molecule has 0 spiro atoms. The summed E-state index contributed by atoms with van der Waals surface area (Å²) in [6, 6.07) is 158. The third-order valence-corrected chi connectivity index (χ3v) is 23.6. The molecule has 22 aromatic rings. The Morgan fingerprint density at radius 1 is 0.0968 bits per heavy atom. The molecule has 4 heterocycles. The smallest absolute Gasteiger partial charge is 0.160 e. The minimum absolute atomic E-state index is 0.606. The molecule has 0 unspecified atom stereocenters. The summed E-state index contributed by atoms with van der Waals surface area (Å²) in [5.41, 5.74) is 34.3. The number of fused-ring (bicyclic) bond motifs is 4. The van der Waals surface area contributed by atoms with E-state index in [1.165, 1.54) is 38.9 Å². The second-order valence-corrected chi connectivity index (χ2v) is 31.3. The first-order valence-electron chi connectivity index (χ1n) is 41.8. The van der Waals surface area contributed by atoms with Gasteiger partial charge in [0.2, 0.25) is 0 Å². The molecule has 0 saturated heterocycles. The van der Waals surface area contributed by atoms with Gasteiger partial charge >= 0.3 is 0 Å². The molecule has 0 amide bonds. The summed E-state index contributed by atoms with van der Waals surface area (Å²) in [5.74, 6) is 2.52. The maximum atomic E-state index is 5.56. The summed E-state index contributed by atoms with van der Waals surface area (Å²) in [4.78, 5) is 43.2. The van der Waals surface area contributed by atoms with E-state index in [9.17, 15) is 0 Å². The molecule has 0 aliphatic carbocycles. The summed E-state index contributed by atoms with van der Waals surface area (Å²) in [6.07, 6.45) is 0. The number of hydrogen-bond donors (Lipinski definition) is 0. The van der Waals surface area contributed by atoms with Gasteiger partial charge in [0.1, 0.15) is 0 Å². The van der Waals surface area contributed by atoms with E-state index in [1.54, 1.807) is 0 Å². The third-order valence-electron chi connectivity index (χ3n) is 23.6. The first kappa shape index (κ1) is 73.7. The van der Waals surface area contributed by atoms with Crippen LogP contribution in [0.2, 0.25) is 0 Å². The molecule has 124 heavy (non-hydrogen) atoms. The molecule has 0 aliphatic rings. The maximum Gasteiger partial charge on any atom is 0.160 e. The van der Waals surface area contributed by atoms with Gasteiger partial charge in [-0.3, -0.25) is 0 Å². The molecule has 0 radical (unpaired) electrons. The van der Waals surface area contributed by atoms with Crippen LogP contribution in [-0.2, 0) is 0 Å². The average molecular weight is 1580 g/mol. The largest absolute Gasteiger partial charge is 0.228 e.